The fraction of sp³-hybridized carbons (Fsp3) is 0.500. The van der Waals surface area contributed by atoms with E-state index in [1.165, 1.54) is 12.1 Å². The number of nitro benzene ring substituents is 1. The third-order valence-electron chi connectivity index (χ3n) is 3.27. The Kier molecular flexibility index (Phi) is 2.87. The van der Waals surface area contributed by atoms with E-state index in [4.69, 9.17) is 0 Å². The molecule has 0 saturated heterocycles. The molecule has 1 saturated carbocycles. The molecule has 1 unspecified atom stereocenters. The smallest absolute Gasteiger partial charge is 0.304 e. The minimum absolute atomic E-state index is 0.319. The van der Waals surface area contributed by atoms with Crippen LogP contribution in [0.4, 0.5) is 10.1 Å². The molecule has 92 valence electrons. The van der Waals surface area contributed by atoms with Crippen molar-refractivity contribution < 1.29 is 9.31 Å². The Morgan fingerprint density at radius 1 is 1.59 bits per heavy atom. The van der Waals surface area contributed by atoms with Gasteiger partial charge in [-0.1, -0.05) is 19.9 Å². The van der Waals surface area contributed by atoms with Crippen LogP contribution in [0.2, 0.25) is 0 Å². The van der Waals surface area contributed by atoms with Gasteiger partial charge in [0.1, 0.15) is 0 Å². The largest absolute Gasteiger partial charge is 0.309 e. The van der Waals surface area contributed by atoms with Gasteiger partial charge in [0.05, 0.1) is 4.92 Å². The van der Waals surface area contributed by atoms with Crippen LogP contribution < -0.4 is 5.32 Å². The molecule has 1 atom stereocenters. The van der Waals surface area contributed by atoms with Crippen molar-refractivity contribution in [3.8, 4) is 0 Å². The second-order valence-electron chi connectivity index (χ2n) is 5.17. The molecule has 0 spiro atoms. The van der Waals surface area contributed by atoms with Gasteiger partial charge < -0.3 is 5.32 Å². The number of nitrogens with one attached hydrogen (secondary N) is 1. The minimum atomic E-state index is -0.774. The van der Waals surface area contributed by atoms with Crippen molar-refractivity contribution in [3.05, 3.63) is 39.7 Å². The number of hydrogen-bond acceptors (Lipinski definition) is 3. The predicted octanol–water partition coefficient (Wildman–Crippen LogP) is 2.62. The summed E-state index contributed by atoms with van der Waals surface area (Å²) >= 11 is 0. The van der Waals surface area contributed by atoms with Crippen LogP contribution in [0.5, 0.6) is 0 Å². The van der Waals surface area contributed by atoms with Crippen LogP contribution in [0.3, 0.4) is 0 Å². The van der Waals surface area contributed by atoms with Crippen molar-refractivity contribution >= 4 is 5.69 Å². The quantitative estimate of drug-likeness (QED) is 0.648. The maximum Gasteiger partial charge on any atom is 0.304 e. The first-order valence-electron chi connectivity index (χ1n) is 5.56. The number of hydrogen-bond donors (Lipinski definition) is 1. The molecule has 1 N–H and O–H groups in total. The molecule has 1 fully saturated rings. The first-order valence-corrected chi connectivity index (χ1v) is 5.56. The van der Waals surface area contributed by atoms with Crippen LogP contribution >= 0.6 is 0 Å². The van der Waals surface area contributed by atoms with Gasteiger partial charge in [-0.3, -0.25) is 10.1 Å². The van der Waals surface area contributed by atoms with Crippen LogP contribution in [-0.2, 0) is 6.54 Å². The summed E-state index contributed by atoms with van der Waals surface area (Å²) in [5, 5.41) is 13.7. The number of halogens is 1. The lowest BCUT2D eigenvalue weighted by Crippen LogP contribution is -2.20. The second-order valence-corrected chi connectivity index (χ2v) is 5.17. The second kappa shape index (κ2) is 4.07. The molecule has 0 heterocycles. The molecule has 4 nitrogen and oxygen atoms in total. The highest BCUT2D eigenvalue weighted by molar-refractivity contribution is 5.35. The topological polar surface area (TPSA) is 55.2 Å². The SMILES string of the molecule is CC1(C)CC1NCc1ccc([N+](=O)[O-])c(F)c1. The highest BCUT2D eigenvalue weighted by atomic mass is 19.1. The van der Waals surface area contributed by atoms with Crippen LogP contribution in [0, 0.1) is 21.3 Å². The third-order valence-corrected chi connectivity index (χ3v) is 3.27. The zero-order chi connectivity index (χ0) is 12.6. The Hall–Kier alpha value is -1.49. The first kappa shape index (κ1) is 12.0. The van der Waals surface area contributed by atoms with E-state index in [1.54, 1.807) is 6.07 Å². The Labute approximate surface area is 99.0 Å². The Balaban J connectivity index is 1.98. The Morgan fingerprint density at radius 2 is 2.24 bits per heavy atom. The zero-order valence-corrected chi connectivity index (χ0v) is 9.87. The fourth-order valence-electron chi connectivity index (χ4n) is 1.87. The molecule has 1 aromatic carbocycles. The summed E-state index contributed by atoms with van der Waals surface area (Å²) in [6.45, 7) is 4.88. The van der Waals surface area contributed by atoms with Gasteiger partial charge in [-0.2, -0.15) is 4.39 Å². The summed E-state index contributed by atoms with van der Waals surface area (Å²) < 4.78 is 13.3. The van der Waals surface area contributed by atoms with Crippen molar-refractivity contribution in [2.24, 2.45) is 5.41 Å². The highest BCUT2D eigenvalue weighted by Crippen LogP contribution is 2.44. The third kappa shape index (κ3) is 2.61. The molecular formula is C12H15FN2O2. The normalized spacial score (nSPS) is 21.2. The highest BCUT2D eigenvalue weighted by Gasteiger charge is 2.44. The van der Waals surface area contributed by atoms with Crippen LogP contribution in [0.1, 0.15) is 25.8 Å². The van der Waals surface area contributed by atoms with Gasteiger partial charge in [0, 0.05) is 18.7 Å². The van der Waals surface area contributed by atoms with Crippen LogP contribution in [0.15, 0.2) is 18.2 Å². The van der Waals surface area contributed by atoms with E-state index < -0.39 is 16.4 Å². The lowest BCUT2D eigenvalue weighted by molar-refractivity contribution is -0.387. The molecule has 0 radical (unpaired) electrons. The predicted molar refractivity (Wildman–Crippen MR) is 62.1 cm³/mol. The van der Waals surface area contributed by atoms with Gasteiger partial charge >= 0.3 is 5.69 Å². The Bertz CT molecular complexity index is 460. The molecule has 2 rings (SSSR count). The Morgan fingerprint density at radius 3 is 2.71 bits per heavy atom. The van der Waals surface area contributed by atoms with E-state index in [2.05, 4.69) is 19.2 Å². The first-order chi connectivity index (χ1) is 7.90. The summed E-state index contributed by atoms with van der Waals surface area (Å²) in [4.78, 5) is 9.73. The molecule has 0 aromatic heterocycles. The molecule has 0 bridgehead atoms. The van der Waals surface area contributed by atoms with Gasteiger partial charge in [0.25, 0.3) is 0 Å². The summed E-state index contributed by atoms with van der Waals surface area (Å²) in [6.07, 6.45) is 1.11. The summed E-state index contributed by atoms with van der Waals surface area (Å²) in [6, 6.07) is 4.48. The summed E-state index contributed by atoms with van der Waals surface area (Å²) in [5.41, 5.74) is 0.579. The van der Waals surface area contributed by atoms with Crippen molar-refractivity contribution in [2.75, 3.05) is 0 Å². The van der Waals surface area contributed by atoms with Crippen molar-refractivity contribution in [1.82, 2.24) is 5.32 Å². The molecule has 17 heavy (non-hydrogen) atoms. The van der Waals surface area contributed by atoms with Crippen LogP contribution in [-0.4, -0.2) is 11.0 Å². The maximum absolute atomic E-state index is 13.3. The van der Waals surface area contributed by atoms with E-state index in [0.29, 0.717) is 18.0 Å². The van der Waals surface area contributed by atoms with Gasteiger partial charge in [-0.15, -0.1) is 0 Å². The van der Waals surface area contributed by atoms with E-state index >= 15 is 0 Å². The standard InChI is InChI=1S/C12H15FN2O2/c1-12(2)6-11(12)14-7-8-3-4-10(15(16)17)9(13)5-8/h3-5,11,14H,6-7H2,1-2H3. The molecular weight excluding hydrogens is 223 g/mol. The zero-order valence-electron chi connectivity index (χ0n) is 9.87. The lowest BCUT2D eigenvalue weighted by Gasteiger charge is -2.06. The average Bonchev–Trinajstić information content (AvgIpc) is 2.83. The number of benzene rings is 1. The van der Waals surface area contributed by atoms with Gasteiger partial charge in [-0.05, 0) is 23.5 Å². The number of nitro groups is 1. The molecule has 1 aromatic rings. The summed E-state index contributed by atoms with van der Waals surface area (Å²) in [7, 11) is 0. The molecule has 1 aliphatic carbocycles. The number of rotatable bonds is 4. The van der Waals surface area contributed by atoms with Crippen molar-refractivity contribution in [2.45, 2.75) is 32.9 Å². The molecule has 5 heteroatoms. The average molecular weight is 238 g/mol. The van der Waals surface area contributed by atoms with Crippen molar-refractivity contribution in [1.29, 1.82) is 0 Å². The van der Waals surface area contributed by atoms with Gasteiger partial charge in [0.2, 0.25) is 5.82 Å². The summed E-state index contributed by atoms with van der Waals surface area (Å²) in [5.74, 6) is -0.774. The van der Waals surface area contributed by atoms with E-state index in [1.807, 2.05) is 0 Å². The van der Waals surface area contributed by atoms with E-state index in [0.717, 1.165) is 12.0 Å². The number of nitrogens with zero attached hydrogens (tertiary/aromatic N) is 1. The maximum atomic E-state index is 13.3. The molecule has 0 amide bonds. The van der Waals surface area contributed by atoms with Crippen molar-refractivity contribution in [3.63, 3.8) is 0 Å². The van der Waals surface area contributed by atoms with Crippen LogP contribution in [0.25, 0.3) is 0 Å². The minimum Gasteiger partial charge on any atom is -0.309 e. The molecule has 0 aliphatic heterocycles. The fourth-order valence-corrected chi connectivity index (χ4v) is 1.87. The lowest BCUT2D eigenvalue weighted by atomic mass is 10.1. The van der Waals surface area contributed by atoms with E-state index in [9.17, 15) is 14.5 Å². The van der Waals surface area contributed by atoms with Gasteiger partial charge in [-0.25, -0.2) is 0 Å². The monoisotopic (exact) mass is 238 g/mol. The van der Waals surface area contributed by atoms with Gasteiger partial charge in [0.15, 0.2) is 0 Å². The van der Waals surface area contributed by atoms with E-state index in [-0.39, 0.29) is 0 Å². The molecule has 1 aliphatic rings.